The summed E-state index contributed by atoms with van der Waals surface area (Å²) in [5, 5.41) is 3.08. The number of rotatable bonds is 7. The summed E-state index contributed by atoms with van der Waals surface area (Å²) in [5.74, 6) is 0.880. The molecule has 0 aliphatic rings. The van der Waals surface area contributed by atoms with Gasteiger partial charge in [-0.05, 0) is 13.5 Å². The van der Waals surface area contributed by atoms with E-state index in [9.17, 15) is 4.79 Å². The molecule has 1 aromatic heterocycles. The second-order valence-electron chi connectivity index (χ2n) is 3.68. The first-order valence-corrected chi connectivity index (χ1v) is 5.75. The lowest BCUT2D eigenvalue weighted by Gasteiger charge is -2.23. The van der Waals surface area contributed by atoms with Crippen molar-refractivity contribution in [3.05, 3.63) is 16.7 Å². The minimum Gasteiger partial charge on any atom is -0.489 e. The Balaban J connectivity index is 2.99. The lowest BCUT2D eigenvalue weighted by Crippen LogP contribution is -2.33. The van der Waals surface area contributed by atoms with E-state index in [0.29, 0.717) is 5.82 Å². The zero-order valence-electron chi connectivity index (χ0n) is 10.6. The second kappa shape index (κ2) is 6.90. The summed E-state index contributed by atoms with van der Waals surface area (Å²) in [5.41, 5.74) is -0.247. The zero-order valence-corrected chi connectivity index (χ0v) is 10.6. The van der Waals surface area contributed by atoms with Crippen molar-refractivity contribution < 1.29 is 4.74 Å². The zero-order chi connectivity index (χ0) is 12.7. The van der Waals surface area contributed by atoms with Crippen LogP contribution in [0.3, 0.4) is 0 Å². The Bertz CT molecular complexity index is 391. The Kier molecular flexibility index (Phi) is 5.48. The van der Waals surface area contributed by atoms with E-state index in [1.54, 1.807) is 0 Å². The maximum Gasteiger partial charge on any atom is 0.295 e. The largest absolute Gasteiger partial charge is 0.489 e. The first kappa shape index (κ1) is 13.5. The highest BCUT2D eigenvalue weighted by Gasteiger charge is 2.15. The quantitative estimate of drug-likeness (QED) is 0.713. The molecule has 0 radical (unpaired) electrons. The molecule has 0 unspecified atom stereocenters. The third-order valence-electron chi connectivity index (χ3n) is 2.42. The van der Waals surface area contributed by atoms with Crippen molar-refractivity contribution in [2.75, 3.05) is 38.7 Å². The summed E-state index contributed by atoms with van der Waals surface area (Å²) in [7, 11) is 3.38. The van der Waals surface area contributed by atoms with Crippen LogP contribution in [-0.4, -0.2) is 43.8 Å². The molecule has 0 saturated carbocycles. The van der Waals surface area contributed by atoms with Gasteiger partial charge in [0.1, 0.15) is 0 Å². The number of hydrogen-bond donors (Lipinski definition) is 2. The molecule has 0 atom stereocenters. The van der Waals surface area contributed by atoms with E-state index in [-0.39, 0.29) is 11.3 Å². The molecule has 0 aliphatic carbocycles. The standard InChI is InChI=1S/C11H20N4O2/c1-4-6-15(7-5-12-2)10-9(17-3)11(16)14-8-13-10/h8,12H,4-7H2,1-3H3,(H,13,14,16). The van der Waals surface area contributed by atoms with Gasteiger partial charge in [0.2, 0.25) is 5.75 Å². The third kappa shape index (κ3) is 3.45. The molecule has 6 nitrogen and oxygen atoms in total. The molecule has 0 amide bonds. The van der Waals surface area contributed by atoms with Crippen molar-refractivity contribution in [2.24, 2.45) is 0 Å². The number of hydrogen-bond acceptors (Lipinski definition) is 5. The van der Waals surface area contributed by atoms with Gasteiger partial charge in [-0.2, -0.15) is 0 Å². The highest BCUT2D eigenvalue weighted by atomic mass is 16.5. The molecule has 1 rings (SSSR count). The Morgan fingerprint density at radius 3 is 2.88 bits per heavy atom. The lowest BCUT2D eigenvalue weighted by atomic mass is 10.3. The number of methoxy groups -OCH3 is 1. The first-order valence-electron chi connectivity index (χ1n) is 5.75. The van der Waals surface area contributed by atoms with E-state index in [1.165, 1.54) is 13.4 Å². The Labute approximate surface area is 101 Å². The lowest BCUT2D eigenvalue weighted by molar-refractivity contribution is 0.405. The predicted molar refractivity (Wildman–Crippen MR) is 67.8 cm³/mol. The fourth-order valence-electron chi connectivity index (χ4n) is 1.63. The van der Waals surface area contributed by atoms with E-state index >= 15 is 0 Å². The van der Waals surface area contributed by atoms with Crippen molar-refractivity contribution in [2.45, 2.75) is 13.3 Å². The van der Waals surface area contributed by atoms with E-state index in [4.69, 9.17) is 4.74 Å². The number of nitrogens with one attached hydrogen (secondary N) is 2. The molecular formula is C11H20N4O2. The van der Waals surface area contributed by atoms with E-state index in [1.807, 2.05) is 11.9 Å². The number of H-pyrrole nitrogens is 1. The summed E-state index contributed by atoms with van der Waals surface area (Å²) in [6, 6.07) is 0. The fourth-order valence-corrected chi connectivity index (χ4v) is 1.63. The van der Waals surface area contributed by atoms with E-state index in [0.717, 1.165) is 26.1 Å². The van der Waals surface area contributed by atoms with Crippen LogP contribution in [0.5, 0.6) is 5.75 Å². The minimum absolute atomic E-state index is 0.247. The molecule has 0 bridgehead atoms. The maximum atomic E-state index is 11.6. The molecule has 0 spiro atoms. The monoisotopic (exact) mass is 240 g/mol. The average molecular weight is 240 g/mol. The Hall–Kier alpha value is -1.56. The van der Waals surface area contributed by atoms with Crippen molar-refractivity contribution in [3.8, 4) is 5.75 Å². The predicted octanol–water partition coefficient (Wildman–Crippen LogP) is 0.214. The van der Waals surface area contributed by atoms with Gasteiger partial charge in [0.15, 0.2) is 5.82 Å². The molecule has 0 saturated heterocycles. The van der Waals surface area contributed by atoms with Gasteiger partial charge in [0, 0.05) is 19.6 Å². The van der Waals surface area contributed by atoms with Crippen LogP contribution in [0.4, 0.5) is 5.82 Å². The molecule has 0 aliphatic heterocycles. The van der Waals surface area contributed by atoms with Crippen LogP contribution in [0.2, 0.25) is 0 Å². The molecule has 17 heavy (non-hydrogen) atoms. The van der Waals surface area contributed by atoms with Crippen molar-refractivity contribution in [1.82, 2.24) is 15.3 Å². The van der Waals surface area contributed by atoms with Gasteiger partial charge in [-0.25, -0.2) is 4.98 Å². The van der Waals surface area contributed by atoms with Gasteiger partial charge in [0.25, 0.3) is 5.56 Å². The van der Waals surface area contributed by atoms with Crippen molar-refractivity contribution in [3.63, 3.8) is 0 Å². The van der Waals surface area contributed by atoms with Gasteiger partial charge < -0.3 is 19.9 Å². The van der Waals surface area contributed by atoms with Crippen LogP contribution in [0.25, 0.3) is 0 Å². The third-order valence-corrected chi connectivity index (χ3v) is 2.42. The van der Waals surface area contributed by atoms with Crippen molar-refractivity contribution in [1.29, 1.82) is 0 Å². The summed E-state index contributed by atoms with van der Waals surface area (Å²) < 4.78 is 5.12. The van der Waals surface area contributed by atoms with Crippen LogP contribution >= 0.6 is 0 Å². The highest BCUT2D eigenvalue weighted by molar-refractivity contribution is 5.50. The maximum absolute atomic E-state index is 11.6. The molecule has 6 heteroatoms. The van der Waals surface area contributed by atoms with Crippen LogP contribution in [-0.2, 0) is 0 Å². The average Bonchev–Trinajstić information content (AvgIpc) is 2.34. The minimum atomic E-state index is -0.247. The van der Waals surface area contributed by atoms with Gasteiger partial charge in [-0.3, -0.25) is 4.79 Å². The topological polar surface area (TPSA) is 70.2 Å². The number of nitrogens with zero attached hydrogens (tertiary/aromatic N) is 2. The van der Waals surface area contributed by atoms with Crippen LogP contribution in [0.1, 0.15) is 13.3 Å². The number of aromatic amines is 1. The Morgan fingerprint density at radius 1 is 1.53 bits per heavy atom. The molecule has 0 aromatic carbocycles. The van der Waals surface area contributed by atoms with E-state index < -0.39 is 0 Å². The van der Waals surface area contributed by atoms with Crippen LogP contribution < -0.4 is 20.5 Å². The smallest absolute Gasteiger partial charge is 0.295 e. The van der Waals surface area contributed by atoms with Gasteiger partial charge in [-0.15, -0.1) is 0 Å². The van der Waals surface area contributed by atoms with Gasteiger partial charge in [0.05, 0.1) is 13.4 Å². The van der Waals surface area contributed by atoms with Gasteiger partial charge >= 0.3 is 0 Å². The highest BCUT2D eigenvalue weighted by Crippen LogP contribution is 2.19. The van der Waals surface area contributed by atoms with Crippen LogP contribution in [0.15, 0.2) is 11.1 Å². The van der Waals surface area contributed by atoms with Crippen LogP contribution in [0, 0.1) is 0 Å². The normalized spacial score (nSPS) is 10.3. The molecule has 0 fully saturated rings. The Morgan fingerprint density at radius 2 is 2.29 bits per heavy atom. The summed E-state index contributed by atoms with van der Waals surface area (Å²) in [6.45, 7) is 4.55. The number of likely N-dealkylation sites (N-methyl/N-ethyl adjacent to an activating group) is 1. The fraction of sp³-hybridized carbons (Fsp3) is 0.636. The molecule has 1 aromatic rings. The summed E-state index contributed by atoms with van der Waals surface area (Å²) in [4.78, 5) is 20.3. The molecule has 96 valence electrons. The van der Waals surface area contributed by atoms with Crippen molar-refractivity contribution >= 4 is 5.82 Å². The second-order valence-corrected chi connectivity index (χ2v) is 3.68. The van der Waals surface area contributed by atoms with Gasteiger partial charge in [-0.1, -0.05) is 6.92 Å². The first-order chi connectivity index (χ1) is 8.24. The SMILES string of the molecule is CCCN(CCNC)c1nc[nH]c(=O)c1OC. The summed E-state index contributed by atoms with van der Waals surface area (Å²) >= 11 is 0. The molecular weight excluding hydrogens is 220 g/mol. The number of anilines is 1. The molecule has 1 heterocycles. The summed E-state index contributed by atoms with van der Waals surface area (Å²) in [6.07, 6.45) is 2.39. The van der Waals surface area contributed by atoms with E-state index in [2.05, 4.69) is 22.2 Å². The number of aromatic nitrogens is 2. The number of ether oxygens (including phenoxy) is 1. The molecule has 2 N–H and O–H groups in total.